The highest BCUT2D eigenvalue weighted by Crippen LogP contribution is 2.44. The molecule has 31 heavy (non-hydrogen) atoms. The lowest BCUT2D eigenvalue weighted by Gasteiger charge is -2.47. The first-order chi connectivity index (χ1) is 15.1. The zero-order valence-electron chi connectivity index (χ0n) is 17.3. The van der Waals surface area contributed by atoms with Crippen LogP contribution in [0.4, 0.5) is 5.69 Å². The molecule has 154 valence electrons. The van der Waals surface area contributed by atoms with E-state index in [0.717, 1.165) is 30.7 Å². The quantitative estimate of drug-likeness (QED) is 0.402. The van der Waals surface area contributed by atoms with Crippen LogP contribution >= 0.6 is 11.6 Å². The van der Waals surface area contributed by atoms with Crippen LogP contribution in [-0.2, 0) is 13.0 Å². The first-order valence-electron chi connectivity index (χ1n) is 10.6. The minimum absolute atomic E-state index is 0.0109. The second-order valence-electron chi connectivity index (χ2n) is 8.36. The number of benzene rings is 3. The summed E-state index contributed by atoms with van der Waals surface area (Å²) in [6, 6.07) is 24.0. The Morgan fingerprint density at radius 2 is 1.71 bits per heavy atom. The summed E-state index contributed by atoms with van der Waals surface area (Å²) in [4.78, 5) is 18.6. The summed E-state index contributed by atoms with van der Waals surface area (Å²) in [5.74, 6) is -0.0109. The van der Waals surface area contributed by atoms with Gasteiger partial charge in [0.05, 0.1) is 11.2 Å². The molecule has 2 aliphatic rings. The van der Waals surface area contributed by atoms with E-state index < -0.39 is 0 Å². The summed E-state index contributed by atoms with van der Waals surface area (Å²) in [6.45, 7) is 1.86. The van der Waals surface area contributed by atoms with E-state index in [0.29, 0.717) is 10.6 Å². The summed E-state index contributed by atoms with van der Waals surface area (Å²) < 4.78 is 1.94. The van der Waals surface area contributed by atoms with Crippen LogP contribution in [0.2, 0.25) is 5.02 Å². The average molecular weight is 428 g/mol. The summed E-state index contributed by atoms with van der Waals surface area (Å²) in [6.07, 6.45) is 0.950. The van der Waals surface area contributed by atoms with Crippen molar-refractivity contribution in [3.8, 4) is 0 Å². The van der Waals surface area contributed by atoms with E-state index in [-0.39, 0.29) is 12.1 Å². The standard InChI is InChI=1S/C26H22ClN3O/c1-28-22-8-4-2-6-18(22)16-29-15-14-21-20-7-3-5-9-23(20)30(24(21)25(28)29)26(31)17-10-12-19(27)13-11-17/h2-13,25H,14-16H2,1H3. The Hall–Kier alpha value is -3.08. The molecule has 5 heteroatoms. The van der Waals surface area contributed by atoms with Crippen molar-refractivity contribution >= 4 is 34.1 Å². The Morgan fingerprint density at radius 1 is 0.968 bits per heavy atom. The van der Waals surface area contributed by atoms with Crippen molar-refractivity contribution in [1.82, 2.24) is 9.47 Å². The molecule has 1 atom stereocenters. The maximum atomic E-state index is 13.8. The van der Waals surface area contributed by atoms with Gasteiger partial charge in [-0.2, -0.15) is 0 Å². The Morgan fingerprint density at radius 3 is 2.55 bits per heavy atom. The number of rotatable bonds is 1. The van der Waals surface area contributed by atoms with Gasteiger partial charge < -0.3 is 4.90 Å². The molecule has 1 aromatic heterocycles. The van der Waals surface area contributed by atoms with E-state index in [1.54, 1.807) is 12.1 Å². The van der Waals surface area contributed by atoms with Crippen LogP contribution in [0.15, 0.2) is 72.8 Å². The lowest BCUT2D eigenvalue weighted by atomic mass is 9.96. The SMILES string of the molecule is CN1c2ccccc2CN2CCc3c(n(C(=O)c4ccc(Cl)cc4)c4ccccc34)C21. The molecule has 0 radical (unpaired) electrons. The van der Waals surface area contributed by atoms with Crippen LogP contribution in [0.25, 0.3) is 10.9 Å². The summed E-state index contributed by atoms with van der Waals surface area (Å²) in [5, 5.41) is 1.80. The van der Waals surface area contributed by atoms with Gasteiger partial charge in [-0.05, 0) is 53.9 Å². The lowest BCUT2D eigenvalue weighted by molar-refractivity contribution is 0.0943. The minimum Gasteiger partial charge on any atom is -0.353 e. The van der Waals surface area contributed by atoms with E-state index >= 15 is 0 Å². The third-order valence-corrected chi connectivity index (χ3v) is 6.92. The molecule has 0 bridgehead atoms. The van der Waals surface area contributed by atoms with E-state index in [4.69, 9.17) is 11.6 Å². The highest BCUT2D eigenvalue weighted by atomic mass is 35.5. The lowest BCUT2D eigenvalue weighted by Crippen LogP contribution is -2.48. The normalized spacial score (nSPS) is 17.9. The minimum atomic E-state index is -0.0109. The van der Waals surface area contributed by atoms with Gasteiger partial charge in [0.15, 0.2) is 0 Å². The first-order valence-corrected chi connectivity index (χ1v) is 11.0. The number of anilines is 1. The molecule has 6 rings (SSSR count). The molecule has 1 unspecified atom stereocenters. The molecule has 2 aliphatic heterocycles. The van der Waals surface area contributed by atoms with Crippen molar-refractivity contribution in [2.75, 3.05) is 18.5 Å². The Balaban J connectivity index is 1.59. The Bertz CT molecular complexity index is 1320. The number of hydrogen-bond donors (Lipinski definition) is 0. The van der Waals surface area contributed by atoms with Crippen molar-refractivity contribution in [3.05, 3.63) is 100 Å². The summed E-state index contributed by atoms with van der Waals surface area (Å²) in [5.41, 5.74) is 6.55. The third kappa shape index (κ3) is 2.75. The zero-order valence-corrected chi connectivity index (χ0v) is 18.0. The van der Waals surface area contributed by atoms with Crippen LogP contribution in [-0.4, -0.2) is 29.0 Å². The fraction of sp³-hybridized carbons (Fsp3) is 0.192. The highest BCUT2D eigenvalue weighted by Gasteiger charge is 2.40. The van der Waals surface area contributed by atoms with Crippen LogP contribution in [0, 0.1) is 0 Å². The average Bonchev–Trinajstić information content (AvgIpc) is 3.13. The van der Waals surface area contributed by atoms with E-state index in [1.165, 1.54) is 22.2 Å². The van der Waals surface area contributed by atoms with Gasteiger partial charge >= 0.3 is 0 Å². The maximum absolute atomic E-state index is 13.8. The van der Waals surface area contributed by atoms with Crippen LogP contribution in [0.1, 0.15) is 33.3 Å². The molecule has 0 aliphatic carbocycles. The van der Waals surface area contributed by atoms with Gasteiger partial charge in [-0.15, -0.1) is 0 Å². The van der Waals surface area contributed by atoms with E-state index in [1.807, 2.05) is 22.8 Å². The highest BCUT2D eigenvalue weighted by molar-refractivity contribution is 6.30. The number of hydrogen-bond acceptors (Lipinski definition) is 3. The van der Waals surface area contributed by atoms with Gasteiger partial charge in [0.2, 0.25) is 0 Å². The Labute approximate surface area is 186 Å². The molecule has 0 saturated carbocycles. The Kier molecular flexibility index (Phi) is 4.20. The van der Waals surface area contributed by atoms with E-state index in [2.05, 4.69) is 59.3 Å². The van der Waals surface area contributed by atoms with Gasteiger partial charge in [-0.25, -0.2) is 0 Å². The third-order valence-electron chi connectivity index (χ3n) is 6.67. The van der Waals surface area contributed by atoms with Crippen molar-refractivity contribution in [1.29, 1.82) is 0 Å². The number of nitrogens with zero attached hydrogens (tertiary/aromatic N) is 3. The number of aromatic nitrogens is 1. The predicted octanol–water partition coefficient (Wildman–Crippen LogP) is 5.49. The summed E-state index contributed by atoms with van der Waals surface area (Å²) in [7, 11) is 2.14. The molecule has 0 spiro atoms. The summed E-state index contributed by atoms with van der Waals surface area (Å²) >= 11 is 6.08. The van der Waals surface area contributed by atoms with Crippen LogP contribution < -0.4 is 4.90 Å². The van der Waals surface area contributed by atoms with Gasteiger partial charge in [0.25, 0.3) is 5.91 Å². The zero-order chi connectivity index (χ0) is 21.1. The molecule has 0 saturated heterocycles. The van der Waals surface area contributed by atoms with Crippen molar-refractivity contribution < 1.29 is 4.79 Å². The molecule has 0 amide bonds. The number of para-hydroxylation sites is 2. The smallest absolute Gasteiger partial charge is 0.262 e. The van der Waals surface area contributed by atoms with Crippen molar-refractivity contribution in [3.63, 3.8) is 0 Å². The van der Waals surface area contributed by atoms with Gasteiger partial charge in [0.1, 0.15) is 6.17 Å². The number of halogens is 1. The second kappa shape index (κ2) is 6.98. The maximum Gasteiger partial charge on any atom is 0.262 e. The van der Waals surface area contributed by atoms with Crippen molar-refractivity contribution in [2.24, 2.45) is 0 Å². The molecule has 4 aromatic rings. The van der Waals surface area contributed by atoms with E-state index in [9.17, 15) is 4.79 Å². The first kappa shape index (κ1) is 18.7. The van der Waals surface area contributed by atoms with Gasteiger partial charge in [-0.3, -0.25) is 14.3 Å². The van der Waals surface area contributed by atoms with Crippen molar-refractivity contribution in [2.45, 2.75) is 19.1 Å². The number of fused-ring (bicyclic) bond motifs is 6. The van der Waals surface area contributed by atoms with Gasteiger partial charge in [-0.1, -0.05) is 48.0 Å². The molecule has 3 heterocycles. The van der Waals surface area contributed by atoms with Gasteiger partial charge in [0, 0.05) is 41.8 Å². The van der Waals surface area contributed by atoms with Crippen LogP contribution in [0.5, 0.6) is 0 Å². The molecule has 4 nitrogen and oxygen atoms in total. The monoisotopic (exact) mass is 427 g/mol. The second-order valence-corrected chi connectivity index (χ2v) is 8.80. The largest absolute Gasteiger partial charge is 0.353 e. The molecule has 0 fully saturated rings. The predicted molar refractivity (Wildman–Crippen MR) is 125 cm³/mol. The molecule has 0 N–H and O–H groups in total. The molecular weight excluding hydrogens is 406 g/mol. The fourth-order valence-corrected chi connectivity index (χ4v) is 5.41. The molecular formula is C26H22ClN3O. The van der Waals surface area contributed by atoms with Crippen LogP contribution in [0.3, 0.4) is 0 Å². The fourth-order valence-electron chi connectivity index (χ4n) is 5.28. The number of carbonyl (C=O) groups is 1. The topological polar surface area (TPSA) is 28.5 Å². The number of carbonyl (C=O) groups excluding carboxylic acids is 1. The molecule has 3 aromatic carbocycles.